The first-order valence-electron chi connectivity index (χ1n) is 12.7. The second kappa shape index (κ2) is 10.1. The van der Waals surface area contributed by atoms with Crippen LogP contribution in [-0.2, 0) is 0 Å². The molecule has 0 bridgehead atoms. The van der Waals surface area contributed by atoms with E-state index >= 15 is 0 Å². The third-order valence-electron chi connectivity index (χ3n) is 6.65. The number of fused-ring (bicyclic) bond motifs is 4. The summed E-state index contributed by atoms with van der Waals surface area (Å²) in [5.41, 5.74) is 8.43. The molecule has 0 atom stereocenters. The number of hydrogen-bond donors (Lipinski definition) is 0. The van der Waals surface area contributed by atoms with Gasteiger partial charge < -0.3 is 4.57 Å². The van der Waals surface area contributed by atoms with Gasteiger partial charge in [0.15, 0.2) is 0 Å². The van der Waals surface area contributed by atoms with Gasteiger partial charge in [0.1, 0.15) is 0 Å². The Kier molecular flexibility index (Phi) is 6.56. The molecule has 6 rings (SSSR count). The molecule has 6 aromatic rings. The minimum absolute atomic E-state index is 1.15. The van der Waals surface area contributed by atoms with E-state index in [9.17, 15) is 0 Å². The van der Waals surface area contributed by atoms with Crippen molar-refractivity contribution in [2.24, 2.45) is 0 Å². The zero-order valence-electron chi connectivity index (χ0n) is 21.2. The van der Waals surface area contributed by atoms with Crippen LogP contribution in [0.3, 0.4) is 0 Å². The SMILES string of the molecule is C=Cc1ccc(-c2ccc3cc(-n4c5ccccc5c5ccccc54)ccc3c2)cc1/C=C\C.CC. The Morgan fingerprint density at radius 1 is 0.611 bits per heavy atom. The summed E-state index contributed by atoms with van der Waals surface area (Å²) in [5, 5.41) is 5.05. The molecule has 1 heteroatoms. The summed E-state index contributed by atoms with van der Waals surface area (Å²) in [5.74, 6) is 0. The van der Waals surface area contributed by atoms with Crippen LogP contribution < -0.4 is 0 Å². The third-order valence-corrected chi connectivity index (χ3v) is 6.65. The van der Waals surface area contributed by atoms with E-state index in [0.29, 0.717) is 0 Å². The van der Waals surface area contributed by atoms with Crippen molar-refractivity contribution < 1.29 is 0 Å². The van der Waals surface area contributed by atoms with Crippen molar-refractivity contribution in [2.45, 2.75) is 20.8 Å². The average Bonchev–Trinajstić information content (AvgIpc) is 3.28. The molecular formula is C35H31N. The molecule has 0 unspecified atom stereocenters. The van der Waals surface area contributed by atoms with Gasteiger partial charge in [0.25, 0.3) is 0 Å². The van der Waals surface area contributed by atoms with Gasteiger partial charge in [-0.15, -0.1) is 0 Å². The highest BCUT2D eigenvalue weighted by molar-refractivity contribution is 6.09. The smallest absolute Gasteiger partial charge is 0.0541 e. The summed E-state index contributed by atoms with van der Waals surface area (Å²) < 4.78 is 2.37. The topological polar surface area (TPSA) is 4.93 Å². The van der Waals surface area contributed by atoms with Crippen LogP contribution in [0.4, 0.5) is 0 Å². The minimum Gasteiger partial charge on any atom is -0.309 e. The molecule has 1 nitrogen and oxygen atoms in total. The summed E-state index contributed by atoms with van der Waals surface area (Å²) in [6, 6.07) is 37.4. The summed E-state index contributed by atoms with van der Waals surface area (Å²) >= 11 is 0. The summed E-state index contributed by atoms with van der Waals surface area (Å²) in [6.07, 6.45) is 6.12. The molecule has 1 aromatic heterocycles. The Bertz CT molecular complexity index is 1680. The van der Waals surface area contributed by atoms with Crippen LogP contribution in [0.2, 0.25) is 0 Å². The van der Waals surface area contributed by atoms with Crippen molar-refractivity contribution in [1.82, 2.24) is 4.57 Å². The van der Waals surface area contributed by atoms with Gasteiger partial charge in [-0.25, -0.2) is 0 Å². The van der Waals surface area contributed by atoms with Gasteiger partial charge in [-0.1, -0.05) is 105 Å². The van der Waals surface area contributed by atoms with Crippen LogP contribution >= 0.6 is 0 Å². The van der Waals surface area contributed by atoms with Crippen molar-refractivity contribution >= 4 is 44.7 Å². The number of nitrogens with zero attached hydrogens (tertiary/aromatic N) is 1. The molecular weight excluding hydrogens is 434 g/mol. The number of allylic oxidation sites excluding steroid dienone is 1. The average molecular weight is 466 g/mol. The van der Waals surface area contributed by atoms with E-state index in [4.69, 9.17) is 0 Å². The predicted molar refractivity (Wildman–Crippen MR) is 160 cm³/mol. The molecule has 176 valence electrons. The van der Waals surface area contributed by atoms with Gasteiger partial charge in [-0.2, -0.15) is 0 Å². The van der Waals surface area contributed by atoms with Crippen molar-refractivity contribution in [1.29, 1.82) is 0 Å². The third kappa shape index (κ3) is 4.03. The summed E-state index contributed by atoms with van der Waals surface area (Å²) in [7, 11) is 0. The fourth-order valence-corrected chi connectivity index (χ4v) is 5.02. The van der Waals surface area contributed by atoms with Gasteiger partial charge in [-0.05, 0) is 76.3 Å². The largest absolute Gasteiger partial charge is 0.309 e. The lowest BCUT2D eigenvalue weighted by atomic mass is 9.96. The molecule has 0 saturated heterocycles. The van der Waals surface area contributed by atoms with Crippen molar-refractivity contribution in [3.05, 3.63) is 127 Å². The zero-order valence-corrected chi connectivity index (χ0v) is 21.2. The maximum Gasteiger partial charge on any atom is 0.0541 e. The Labute approximate surface area is 213 Å². The molecule has 0 aliphatic rings. The standard InChI is InChI=1S/C33H25N.C2H6/c1-3-9-24-20-25(15-14-23(24)4-2)26-16-17-28-22-29(19-18-27(28)21-26)34-32-12-7-5-10-30(32)31-11-6-8-13-33(31)34;1-2/h3-22H,2H2,1H3;1-2H3/b9-3-;. The zero-order chi connectivity index (χ0) is 25.1. The fraction of sp³-hybridized carbons (Fsp3) is 0.0857. The number of benzene rings is 5. The normalized spacial score (nSPS) is 11.2. The minimum atomic E-state index is 1.15. The van der Waals surface area contributed by atoms with Crippen LogP contribution in [0.15, 0.2) is 116 Å². The second-order valence-electron chi connectivity index (χ2n) is 8.66. The van der Waals surface area contributed by atoms with Crippen molar-refractivity contribution in [2.75, 3.05) is 0 Å². The van der Waals surface area contributed by atoms with E-state index in [2.05, 4.69) is 126 Å². The Morgan fingerprint density at radius 2 is 1.19 bits per heavy atom. The molecule has 0 amide bonds. The van der Waals surface area contributed by atoms with E-state index in [1.165, 1.54) is 55.0 Å². The maximum absolute atomic E-state index is 3.95. The maximum atomic E-state index is 3.95. The highest BCUT2D eigenvalue weighted by Crippen LogP contribution is 2.34. The molecule has 0 spiro atoms. The molecule has 0 aliphatic carbocycles. The molecule has 0 aliphatic heterocycles. The van der Waals surface area contributed by atoms with Crippen molar-refractivity contribution in [3.8, 4) is 16.8 Å². The quantitative estimate of drug-likeness (QED) is 0.244. The van der Waals surface area contributed by atoms with E-state index in [0.717, 1.165) is 5.56 Å². The van der Waals surface area contributed by atoms with Gasteiger partial charge in [-0.3, -0.25) is 0 Å². The van der Waals surface area contributed by atoms with E-state index < -0.39 is 0 Å². The van der Waals surface area contributed by atoms with Crippen LogP contribution in [0.5, 0.6) is 0 Å². The second-order valence-corrected chi connectivity index (χ2v) is 8.66. The molecule has 36 heavy (non-hydrogen) atoms. The number of rotatable bonds is 4. The first-order valence-corrected chi connectivity index (χ1v) is 12.7. The lowest BCUT2D eigenvalue weighted by molar-refractivity contribution is 1.19. The van der Waals surface area contributed by atoms with Crippen LogP contribution in [-0.4, -0.2) is 4.57 Å². The molecule has 0 fully saturated rings. The molecule has 5 aromatic carbocycles. The highest BCUT2D eigenvalue weighted by atomic mass is 15.0. The Hall–Kier alpha value is -4.36. The lowest BCUT2D eigenvalue weighted by Crippen LogP contribution is -1.93. The van der Waals surface area contributed by atoms with Crippen LogP contribution in [0.25, 0.3) is 61.5 Å². The molecule has 0 N–H and O–H groups in total. The Morgan fingerprint density at radius 3 is 1.86 bits per heavy atom. The fourth-order valence-electron chi connectivity index (χ4n) is 5.02. The highest BCUT2D eigenvalue weighted by Gasteiger charge is 2.12. The summed E-state index contributed by atoms with van der Waals surface area (Å²) in [6.45, 7) is 9.99. The van der Waals surface area contributed by atoms with Gasteiger partial charge in [0.2, 0.25) is 0 Å². The first kappa shape index (κ1) is 23.4. The molecule has 1 heterocycles. The number of aromatic nitrogens is 1. The summed E-state index contributed by atoms with van der Waals surface area (Å²) in [4.78, 5) is 0. The monoisotopic (exact) mass is 465 g/mol. The van der Waals surface area contributed by atoms with Gasteiger partial charge in [0, 0.05) is 16.5 Å². The van der Waals surface area contributed by atoms with Crippen molar-refractivity contribution in [3.63, 3.8) is 0 Å². The number of para-hydroxylation sites is 2. The van der Waals surface area contributed by atoms with E-state index in [-0.39, 0.29) is 0 Å². The van der Waals surface area contributed by atoms with Gasteiger partial charge in [0.05, 0.1) is 11.0 Å². The number of hydrogen-bond acceptors (Lipinski definition) is 0. The van der Waals surface area contributed by atoms with Crippen LogP contribution in [0.1, 0.15) is 31.9 Å². The Balaban J connectivity index is 0.00000130. The first-order chi connectivity index (χ1) is 17.8. The lowest BCUT2D eigenvalue weighted by Gasteiger charge is -2.11. The molecule has 0 saturated carbocycles. The van der Waals surface area contributed by atoms with Crippen LogP contribution in [0, 0.1) is 0 Å². The van der Waals surface area contributed by atoms with Gasteiger partial charge >= 0.3 is 0 Å². The van der Waals surface area contributed by atoms with E-state index in [1.54, 1.807) is 0 Å². The molecule has 0 radical (unpaired) electrons. The van der Waals surface area contributed by atoms with E-state index in [1.807, 2.05) is 26.8 Å². The predicted octanol–water partition coefficient (Wildman–Crippen LogP) is 10.3.